The molecule has 2 rings (SSSR count). The van der Waals surface area contributed by atoms with E-state index in [9.17, 15) is 9.18 Å². The summed E-state index contributed by atoms with van der Waals surface area (Å²) in [6.45, 7) is 0.335. The molecule has 5 nitrogen and oxygen atoms in total. The molecule has 0 aliphatic heterocycles. The summed E-state index contributed by atoms with van der Waals surface area (Å²) in [6.07, 6.45) is 1.36. The third-order valence-corrected chi connectivity index (χ3v) is 3.68. The third kappa shape index (κ3) is 4.71. The van der Waals surface area contributed by atoms with E-state index < -0.39 is 5.97 Å². The van der Waals surface area contributed by atoms with Gasteiger partial charge in [0, 0.05) is 18.1 Å². The second-order valence-electron chi connectivity index (χ2n) is 4.38. The zero-order valence-corrected chi connectivity index (χ0v) is 13.1. The minimum absolute atomic E-state index is 0.0756. The van der Waals surface area contributed by atoms with Crippen LogP contribution in [0.1, 0.15) is 5.69 Å². The summed E-state index contributed by atoms with van der Waals surface area (Å²) < 4.78 is 22.6. The monoisotopic (exact) mass is 332 g/mol. The molecule has 0 saturated heterocycles. The third-order valence-electron chi connectivity index (χ3n) is 2.77. The van der Waals surface area contributed by atoms with Gasteiger partial charge in [0.1, 0.15) is 29.1 Å². The molecule has 0 saturated carbocycles. The maximum atomic E-state index is 12.9. The van der Waals surface area contributed by atoms with Crippen LogP contribution in [-0.4, -0.2) is 31.3 Å². The zero-order chi connectivity index (χ0) is 16.7. The van der Waals surface area contributed by atoms with Crippen LogP contribution in [0.3, 0.4) is 0 Å². The Hall–Kier alpha value is -2.56. The Morgan fingerprint density at radius 1 is 1.39 bits per heavy atom. The number of thiazole rings is 1. The quantitative estimate of drug-likeness (QED) is 0.352. The number of hydrogen-bond donors (Lipinski definition) is 0. The first-order valence-corrected chi connectivity index (χ1v) is 7.51. The molecule has 0 aliphatic rings. The molecule has 0 bridgehead atoms. The Labute approximate surface area is 136 Å². The Morgan fingerprint density at radius 3 is 2.78 bits per heavy atom. The molecule has 118 valence electrons. The molecule has 0 radical (unpaired) electrons. The van der Waals surface area contributed by atoms with E-state index in [0.29, 0.717) is 10.7 Å². The minimum atomic E-state index is -0.721. The van der Waals surface area contributed by atoms with Crippen molar-refractivity contribution in [3.63, 3.8) is 0 Å². The topological polar surface area (TPSA) is 72.2 Å². The number of carbonyl (C=O) groups excluding carboxylic acids is 1. The van der Waals surface area contributed by atoms with E-state index in [1.165, 1.54) is 36.7 Å². The molecule has 1 aromatic carbocycles. The van der Waals surface area contributed by atoms with Crippen LogP contribution in [0, 0.1) is 17.1 Å². The highest BCUT2D eigenvalue weighted by atomic mass is 32.1. The lowest BCUT2D eigenvalue weighted by molar-refractivity contribution is -0.139. The lowest BCUT2D eigenvalue weighted by atomic mass is 10.2. The van der Waals surface area contributed by atoms with Crippen LogP contribution in [0.5, 0.6) is 0 Å². The molecule has 0 fully saturated rings. The van der Waals surface area contributed by atoms with Crippen LogP contribution in [0.25, 0.3) is 16.6 Å². The average molecular weight is 332 g/mol. The van der Waals surface area contributed by atoms with Crippen LogP contribution in [0.4, 0.5) is 4.39 Å². The number of ether oxygens (including phenoxy) is 2. The van der Waals surface area contributed by atoms with E-state index in [1.54, 1.807) is 23.6 Å². The van der Waals surface area contributed by atoms with Crippen LogP contribution >= 0.6 is 11.3 Å². The SMILES string of the molecule is COCCOC(=O)/C(C#N)=C/c1csc(-c2ccc(F)cc2)n1. The summed E-state index contributed by atoms with van der Waals surface area (Å²) >= 11 is 1.33. The fourth-order valence-electron chi connectivity index (χ4n) is 1.66. The van der Waals surface area contributed by atoms with Gasteiger partial charge in [0.05, 0.1) is 12.3 Å². The predicted molar refractivity (Wildman–Crippen MR) is 83.9 cm³/mol. The van der Waals surface area contributed by atoms with E-state index in [-0.39, 0.29) is 24.6 Å². The van der Waals surface area contributed by atoms with E-state index >= 15 is 0 Å². The number of nitrogens with zero attached hydrogens (tertiary/aromatic N) is 2. The van der Waals surface area contributed by atoms with Crippen molar-refractivity contribution >= 4 is 23.4 Å². The number of methoxy groups -OCH3 is 1. The molecule has 0 atom stereocenters. The van der Waals surface area contributed by atoms with Crippen LogP contribution in [0.15, 0.2) is 35.2 Å². The molecule has 0 amide bonds. The van der Waals surface area contributed by atoms with Gasteiger partial charge < -0.3 is 9.47 Å². The van der Waals surface area contributed by atoms with E-state index in [2.05, 4.69) is 4.98 Å². The van der Waals surface area contributed by atoms with Crippen molar-refractivity contribution in [3.05, 3.63) is 46.7 Å². The van der Waals surface area contributed by atoms with Crippen molar-refractivity contribution in [3.8, 4) is 16.6 Å². The zero-order valence-electron chi connectivity index (χ0n) is 12.3. The Bertz CT molecular complexity index is 747. The molecule has 0 aliphatic carbocycles. The van der Waals surface area contributed by atoms with Crippen LogP contribution < -0.4 is 0 Å². The molecular weight excluding hydrogens is 319 g/mol. The van der Waals surface area contributed by atoms with Gasteiger partial charge in [-0.2, -0.15) is 5.26 Å². The van der Waals surface area contributed by atoms with Crippen LogP contribution in [-0.2, 0) is 14.3 Å². The highest BCUT2D eigenvalue weighted by Crippen LogP contribution is 2.24. The molecule has 1 heterocycles. The maximum absolute atomic E-state index is 12.9. The standard InChI is InChI=1S/C16H13FN2O3S/c1-21-6-7-22-16(20)12(9-18)8-14-10-23-15(19-14)11-2-4-13(17)5-3-11/h2-5,8,10H,6-7H2,1H3/b12-8+. The van der Waals surface area contributed by atoms with Crippen molar-refractivity contribution in [2.24, 2.45) is 0 Å². The lowest BCUT2D eigenvalue weighted by Crippen LogP contribution is -2.11. The Morgan fingerprint density at radius 2 is 2.13 bits per heavy atom. The number of nitriles is 1. The lowest BCUT2D eigenvalue weighted by Gasteiger charge is -2.01. The summed E-state index contributed by atoms with van der Waals surface area (Å²) in [5.74, 6) is -1.04. The number of benzene rings is 1. The van der Waals surface area contributed by atoms with Gasteiger partial charge in [-0.3, -0.25) is 0 Å². The summed E-state index contributed by atoms with van der Waals surface area (Å²) in [5, 5.41) is 11.4. The molecule has 7 heteroatoms. The fraction of sp³-hybridized carbons (Fsp3) is 0.188. The highest BCUT2D eigenvalue weighted by molar-refractivity contribution is 7.13. The van der Waals surface area contributed by atoms with Crippen molar-refractivity contribution < 1.29 is 18.7 Å². The molecule has 23 heavy (non-hydrogen) atoms. The second-order valence-corrected chi connectivity index (χ2v) is 5.24. The fourth-order valence-corrected chi connectivity index (χ4v) is 2.44. The first kappa shape index (κ1) is 16.8. The predicted octanol–water partition coefficient (Wildman–Crippen LogP) is 3.05. The molecular formula is C16H13FN2O3S. The molecule has 2 aromatic rings. The Kier molecular flexibility index (Phi) is 5.97. The Balaban J connectivity index is 2.13. The summed E-state index contributed by atoms with van der Waals surface area (Å²) in [6, 6.07) is 7.72. The average Bonchev–Trinajstić information content (AvgIpc) is 3.02. The van der Waals surface area contributed by atoms with Crippen molar-refractivity contribution in [1.82, 2.24) is 4.98 Å². The second kappa shape index (κ2) is 8.17. The molecule has 1 aromatic heterocycles. The smallest absolute Gasteiger partial charge is 0.349 e. The van der Waals surface area contributed by atoms with Gasteiger partial charge in [-0.1, -0.05) is 0 Å². The van der Waals surface area contributed by atoms with Crippen molar-refractivity contribution in [2.45, 2.75) is 0 Å². The summed E-state index contributed by atoms with van der Waals surface area (Å²) in [7, 11) is 1.49. The number of esters is 1. The first-order valence-electron chi connectivity index (χ1n) is 6.63. The van der Waals surface area contributed by atoms with Gasteiger partial charge in [0.2, 0.25) is 0 Å². The van der Waals surface area contributed by atoms with Gasteiger partial charge >= 0.3 is 5.97 Å². The highest BCUT2D eigenvalue weighted by Gasteiger charge is 2.12. The normalized spacial score (nSPS) is 11.1. The van der Waals surface area contributed by atoms with Gasteiger partial charge in [-0.05, 0) is 30.3 Å². The molecule has 0 spiro atoms. The van der Waals surface area contributed by atoms with Gasteiger partial charge in [-0.25, -0.2) is 14.2 Å². The number of aromatic nitrogens is 1. The maximum Gasteiger partial charge on any atom is 0.349 e. The first-order chi connectivity index (χ1) is 11.1. The molecule has 0 unspecified atom stereocenters. The van der Waals surface area contributed by atoms with Crippen molar-refractivity contribution in [1.29, 1.82) is 5.26 Å². The van der Waals surface area contributed by atoms with E-state index in [0.717, 1.165) is 5.56 Å². The number of carbonyl (C=O) groups is 1. The summed E-state index contributed by atoms with van der Waals surface area (Å²) in [5.41, 5.74) is 1.09. The van der Waals surface area contributed by atoms with Crippen molar-refractivity contribution in [2.75, 3.05) is 20.3 Å². The number of halogens is 1. The van der Waals surface area contributed by atoms with E-state index in [4.69, 9.17) is 14.7 Å². The minimum Gasteiger partial charge on any atom is -0.459 e. The number of hydrogen-bond acceptors (Lipinski definition) is 6. The van der Waals surface area contributed by atoms with Crippen LogP contribution in [0.2, 0.25) is 0 Å². The number of rotatable bonds is 6. The van der Waals surface area contributed by atoms with Gasteiger partial charge in [0.25, 0.3) is 0 Å². The summed E-state index contributed by atoms with van der Waals surface area (Å²) in [4.78, 5) is 16.0. The van der Waals surface area contributed by atoms with Gasteiger partial charge in [0.15, 0.2) is 0 Å². The largest absolute Gasteiger partial charge is 0.459 e. The van der Waals surface area contributed by atoms with E-state index in [1.807, 2.05) is 0 Å². The molecule has 0 N–H and O–H groups in total. The van der Waals surface area contributed by atoms with Gasteiger partial charge in [-0.15, -0.1) is 11.3 Å².